The summed E-state index contributed by atoms with van der Waals surface area (Å²) in [5.41, 5.74) is 0.404. The minimum absolute atomic E-state index is 0.193. The molecule has 0 fully saturated rings. The van der Waals surface area contributed by atoms with Crippen LogP contribution in [0.15, 0.2) is 35.4 Å². The van der Waals surface area contributed by atoms with E-state index < -0.39 is 24.1 Å². The maximum absolute atomic E-state index is 13.3. The van der Waals surface area contributed by atoms with E-state index in [2.05, 4.69) is 10.3 Å². The molecule has 1 aromatic heterocycles. The Kier molecular flexibility index (Phi) is 5.40. The average molecular weight is 323 g/mol. The summed E-state index contributed by atoms with van der Waals surface area (Å²) >= 11 is 0. The van der Waals surface area contributed by atoms with Gasteiger partial charge in [0.15, 0.2) is 18.2 Å². The van der Waals surface area contributed by atoms with Crippen molar-refractivity contribution in [3.8, 4) is 5.75 Å². The molecule has 1 aromatic carbocycles. The molecular formula is C15H15F2N3O3. The van der Waals surface area contributed by atoms with E-state index in [1.807, 2.05) is 0 Å². The third kappa shape index (κ3) is 4.87. The Balaban J connectivity index is 1.78. The van der Waals surface area contributed by atoms with Gasteiger partial charge in [-0.15, -0.1) is 0 Å². The summed E-state index contributed by atoms with van der Waals surface area (Å²) in [6.07, 6.45) is 1.40. The number of aromatic nitrogens is 2. The topological polar surface area (TPSA) is 73.2 Å². The van der Waals surface area contributed by atoms with Gasteiger partial charge in [0.05, 0.1) is 6.33 Å². The third-order valence-electron chi connectivity index (χ3n) is 2.94. The fourth-order valence-electron chi connectivity index (χ4n) is 1.79. The van der Waals surface area contributed by atoms with Crippen molar-refractivity contribution in [3.05, 3.63) is 58.3 Å². The zero-order valence-corrected chi connectivity index (χ0v) is 12.4. The Labute approximate surface area is 130 Å². The van der Waals surface area contributed by atoms with E-state index in [0.29, 0.717) is 11.8 Å². The second kappa shape index (κ2) is 7.48. The monoisotopic (exact) mass is 323 g/mol. The van der Waals surface area contributed by atoms with Crippen LogP contribution >= 0.6 is 0 Å². The van der Waals surface area contributed by atoms with E-state index in [1.165, 1.54) is 17.0 Å². The number of benzene rings is 1. The SMILES string of the molecule is Cc1cc(=O)n(CCNC(=O)COc2ccc(F)cc2F)cn1. The molecule has 0 bridgehead atoms. The number of nitrogens with zero attached hydrogens (tertiary/aromatic N) is 2. The van der Waals surface area contributed by atoms with Gasteiger partial charge < -0.3 is 10.1 Å². The van der Waals surface area contributed by atoms with Crippen molar-refractivity contribution < 1.29 is 18.3 Å². The molecule has 0 aliphatic carbocycles. The highest BCUT2D eigenvalue weighted by Crippen LogP contribution is 2.17. The maximum atomic E-state index is 13.3. The molecule has 0 atom stereocenters. The van der Waals surface area contributed by atoms with E-state index in [-0.39, 0.29) is 24.4 Å². The van der Waals surface area contributed by atoms with Crippen molar-refractivity contribution in [2.75, 3.05) is 13.2 Å². The molecule has 0 saturated heterocycles. The van der Waals surface area contributed by atoms with Crippen LogP contribution in [0.5, 0.6) is 5.75 Å². The first-order valence-corrected chi connectivity index (χ1v) is 6.83. The van der Waals surface area contributed by atoms with Crippen molar-refractivity contribution in [3.63, 3.8) is 0 Å². The fraction of sp³-hybridized carbons (Fsp3) is 0.267. The van der Waals surface area contributed by atoms with Crippen LogP contribution < -0.4 is 15.6 Å². The van der Waals surface area contributed by atoms with Gasteiger partial charge in [-0.2, -0.15) is 0 Å². The van der Waals surface area contributed by atoms with Crippen LogP contribution in [0.4, 0.5) is 8.78 Å². The molecule has 0 unspecified atom stereocenters. The molecule has 2 rings (SSSR count). The molecule has 2 aromatic rings. The molecule has 1 amide bonds. The zero-order chi connectivity index (χ0) is 16.8. The first kappa shape index (κ1) is 16.6. The molecule has 122 valence electrons. The molecule has 6 nitrogen and oxygen atoms in total. The summed E-state index contributed by atoms with van der Waals surface area (Å²) in [5, 5.41) is 2.53. The highest BCUT2D eigenvalue weighted by Gasteiger charge is 2.08. The summed E-state index contributed by atoms with van der Waals surface area (Å²) in [6.45, 7) is 1.74. The van der Waals surface area contributed by atoms with Crippen LogP contribution in [-0.2, 0) is 11.3 Å². The van der Waals surface area contributed by atoms with Crippen LogP contribution in [0, 0.1) is 18.6 Å². The molecule has 0 saturated carbocycles. The maximum Gasteiger partial charge on any atom is 0.258 e. The predicted octanol–water partition coefficient (Wildman–Crippen LogP) is 1.03. The number of halogens is 2. The summed E-state index contributed by atoms with van der Waals surface area (Å²) < 4.78 is 32.3. The van der Waals surface area contributed by atoms with Gasteiger partial charge in [-0.05, 0) is 19.1 Å². The van der Waals surface area contributed by atoms with Crippen LogP contribution in [-0.4, -0.2) is 28.6 Å². The van der Waals surface area contributed by atoms with Gasteiger partial charge in [0.2, 0.25) is 0 Å². The number of carbonyl (C=O) groups excluding carboxylic acids is 1. The summed E-state index contributed by atoms with van der Waals surface area (Å²) in [6, 6.07) is 4.20. The molecule has 23 heavy (non-hydrogen) atoms. The van der Waals surface area contributed by atoms with Crippen molar-refractivity contribution >= 4 is 5.91 Å². The Hall–Kier alpha value is -2.77. The quantitative estimate of drug-likeness (QED) is 0.861. The first-order chi connectivity index (χ1) is 11.0. The Bertz CT molecular complexity index is 762. The number of amides is 1. The fourth-order valence-corrected chi connectivity index (χ4v) is 1.79. The molecule has 0 aliphatic heterocycles. The van der Waals surface area contributed by atoms with Crippen LogP contribution in [0.1, 0.15) is 5.69 Å². The van der Waals surface area contributed by atoms with Crippen LogP contribution in [0.2, 0.25) is 0 Å². The number of nitrogens with one attached hydrogen (secondary N) is 1. The third-order valence-corrected chi connectivity index (χ3v) is 2.94. The number of carbonyl (C=O) groups is 1. The molecule has 8 heteroatoms. The Morgan fingerprint density at radius 2 is 2.13 bits per heavy atom. The van der Waals surface area contributed by atoms with Gasteiger partial charge in [0.1, 0.15) is 5.82 Å². The van der Waals surface area contributed by atoms with Crippen molar-refractivity contribution in [1.29, 1.82) is 0 Å². The lowest BCUT2D eigenvalue weighted by Crippen LogP contribution is -2.33. The van der Waals surface area contributed by atoms with Crippen LogP contribution in [0.3, 0.4) is 0 Å². The van der Waals surface area contributed by atoms with Gasteiger partial charge in [-0.1, -0.05) is 0 Å². The van der Waals surface area contributed by atoms with Gasteiger partial charge in [0, 0.05) is 30.9 Å². The molecule has 0 spiro atoms. The average Bonchev–Trinajstić information content (AvgIpc) is 2.48. The second-order valence-electron chi connectivity index (χ2n) is 4.78. The highest BCUT2D eigenvalue weighted by molar-refractivity contribution is 5.77. The van der Waals surface area contributed by atoms with Gasteiger partial charge >= 0.3 is 0 Å². The highest BCUT2D eigenvalue weighted by atomic mass is 19.1. The Morgan fingerprint density at radius 1 is 1.35 bits per heavy atom. The van der Waals surface area contributed by atoms with E-state index in [9.17, 15) is 18.4 Å². The predicted molar refractivity (Wildman–Crippen MR) is 78.1 cm³/mol. The summed E-state index contributed by atoms with van der Waals surface area (Å²) in [5.74, 6) is -2.30. The number of rotatable bonds is 6. The normalized spacial score (nSPS) is 10.4. The molecular weight excluding hydrogens is 308 g/mol. The van der Waals surface area contributed by atoms with Crippen molar-refractivity contribution in [1.82, 2.24) is 14.9 Å². The largest absolute Gasteiger partial charge is 0.481 e. The van der Waals surface area contributed by atoms with Gasteiger partial charge in [0.25, 0.3) is 11.5 Å². The summed E-state index contributed by atoms with van der Waals surface area (Å²) in [7, 11) is 0. The molecule has 0 radical (unpaired) electrons. The standard InChI is InChI=1S/C15H15F2N3O3/c1-10-6-15(22)20(9-19-10)5-4-18-14(21)8-23-13-3-2-11(16)7-12(13)17/h2-3,6-7,9H,4-5,8H2,1H3,(H,18,21). The smallest absolute Gasteiger partial charge is 0.258 e. The van der Waals surface area contributed by atoms with Crippen molar-refractivity contribution in [2.24, 2.45) is 0 Å². The lowest BCUT2D eigenvalue weighted by Gasteiger charge is -2.09. The van der Waals surface area contributed by atoms with Crippen molar-refractivity contribution in [2.45, 2.75) is 13.5 Å². The van der Waals surface area contributed by atoms with E-state index in [1.54, 1.807) is 6.92 Å². The first-order valence-electron chi connectivity index (χ1n) is 6.83. The number of hydrogen-bond acceptors (Lipinski definition) is 4. The zero-order valence-electron chi connectivity index (χ0n) is 12.4. The lowest BCUT2D eigenvalue weighted by atomic mass is 10.3. The summed E-state index contributed by atoms with van der Waals surface area (Å²) in [4.78, 5) is 27.2. The minimum Gasteiger partial charge on any atom is -0.481 e. The van der Waals surface area contributed by atoms with E-state index in [4.69, 9.17) is 4.74 Å². The van der Waals surface area contributed by atoms with Gasteiger partial charge in [-0.25, -0.2) is 13.8 Å². The van der Waals surface area contributed by atoms with Gasteiger partial charge in [-0.3, -0.25) is 14.2 Å². The molecule has 1 N–H and O–H groups in total. The number of ether oxygens (including phenoxy) is 1. The van der Waals surface area contributed by atoms with E-state index in [0.717, 1.165) is 12.1 Å². The number of aryl methyl sites for hydroxylation is 1. The molecule has 1 heterocycles. The Morgan fingerprint density at radius 3 is 2.83 bits per heavy atom. The number of hydrogen-bond donors (Lipinski definition) is 1. The lowest BCUT2D eigenvalue weighted by molar-refractivity contribution is -0.123. The van der Waals surface area contributed by atoms with E-state index >= 15 is 0 Å². The van der Waals surface area contributed by atoms with Crippen LogP contribution in [0.25, 0.3) is 0 Å². The molecule has 0 aliphatic rings. The minimum atomic E-state index is -0.880. The second-order valence-corrected chi connectivity index (χ2v) is 4.78.